The van der Waals surface area contributed by atoms with Crippen LogP contribution in [-0.2, 0) is 14.3 Å². The molecule has 77 heavy (non-hydrogen) atoms. The Morgan fingerprint density at radius 2 is 0.610 bits per heavy atom. The van der Waals surface area contributed by atoms with Gasteiger partial charge in [-0.25, -0.2) is 0 Å². The largest absolute Gasteiger partial charge is 0.466 e. The maximum atomic E-state index is 12.6. The average Bonchev–Trinajstić information content (AvgIpc) is 3.43. The van der Waals surface area contributed by atoms with Crippen molar-refractivity contribution in [2.75, 3.05) is 13.2 Å². The third-order valence-electron chi connectivity index (χ3n) is 16.8. The van der Waals surface area contributed by atoms with Gasteiger partial charge in [-0.15, -0.1) is 0 Å². The van der Waals surface area contributed by atoms with Crippen molar-refractivity contribution in [3.05, 3.63) is 12.2 Å². The molecule has 1 amide bonds. The van der Waals surface area contributed by atoms with Gasteiger partial charge in [0.2, 0.25) is 5.91 Å². The van der Waals surface area contributed by atoms with Gasteiger partial charge in [-0.3, -0.25) is 9.59 Å². The molecule has 0 fully saturated rings. The molecule has 6 heteroatoms. The van der Waals surface area contributed by atoms with Gasteiger partial charge in [0.1, 0.15) is 0 Å². The number of amides is 1. The summed E-state index contributed by atoms with van der Waals surface area (Å²) in [5, 5.41) is 23.4. The summed E-state index contributed by atoms with van der Waals surface area (Å²) >= 11 is 0. The van der Waals surface area contributed by atoms with E-state index in [1.54, 1.807) is 0 Å². The van der Waals surface area contributed by atoms with Crippen LogP contribution in [0, 0.1) is 0 Å². The van der Waals surface area contributed by atoms with E-state index >= 15 is 0 Å². The number of hydrogen-bond donors (Lipinski definition) is 3. The van der Waals surface area contributed by atoms with Crippen molar-refractivity contribution in [3.8, 4) is 0 Å². The Balaban J connectivity index is 3.39. The molecule has 0 aliphatic rings. The molecule has 6 nitrogen and oxygen atoms in total. The SMILES string of the molecule is CCCCCCCC/C=C\CCCCCCCCCC(=O)OCCCCCCCCCCCCCCCCCCCCC(=O)NC(CO)C(O)CCCCCCCCCCCCCCCCCCCCCCCCCCC. The number of hydrogen-bond acceptors (Lipinski definition) is 5. The lowest BCUT2D eigenvalue weighted by molar-refractivity contribution is -0.143. The predicted octanol–water partition coefficient (Wildman–Crippen LogP) is 22.8. The number of carbonyl (C=O) groups excluding carboxylic acids is 2. The molecular formula is C71H139NO5. The topological polar surface area (TPSA) is 95.9 Å². The van der Waals surface area contributed by atoms with Crippen molar-refractivity contribution in [1.29, 1.82) is 0 Å². The molecule has 0 aromatic rings. The Morgan fingerprint density at radius 3 is 0.922 bits per heavy atom. The number of esters is 1. The van der Waals surface area contributed by atoms with Crippen LogP contribution in [0.3, 0.4) is 0 Å². The molecule has 0 aromatic heterocycles. The molecule has 458 valence electrons. The van der Waals surface area contributed by atoms with E-state index in [1.807, 2.05) is 0 Å². The molecule has 2 atom stereocenters. The maximum Gasteiger partial charge on any atom is 0.305 e. The lowest BCUT2D eigenvalue weighted by Gasteiger charge is -2.22. The minimum absolute atomic E-state index is 0.00560. The van der Waals surface area contributed by atoms with Crippen molar-refractivity contribution < 1.29 is 24.5 Å². The number of ether oxygens (including phenoxy) is 1. The van der Waals surface area contributed by atoms with Crippen molar-refractivity contribution in [3.63, 3.8) is 0 Å². The van der Waals surface area contributed by atoms with Crippen LogP contribution in [-0.4, -0.2) is 47.4 Å². The standard InChI is InChI=1S/C71H139NO5/c1-3-5-7-9-11-13-15-17-19-21-22-23-24-25-26-27-28-32-35-39-43-47-51-55-59-63-69(74)68(67-73)72-70(75)64-60-56-52-48-44-40-36-33-29-30-34-38-42-46-50-54-58-62-66-77-71(76)65-61-57-53-49-45-41-37-31-20-18-16-14-12-10-8-6-4-2/h18,20,68-69,73-74H,3-17,19,21-67H2,1-2H3,(H,72,75)/b20-18-. The first-order valence-electron chi connectivity index (χ1n) is 35.4. The summed E-state index contributed by atoms with van der Waals surface area (Å²) < 4.78 is 5.50. The summed E-state index contributed by atoms with van der Waals surface area (Å²) in [6.45, 7) is 4.98. The lowest BCUT2D eigenvalue weighted by Crippen LogP contribution is -2.45. The van der Waals surface area contributed by atoms with Gasteiger partial charge in [0, 0.05) is 12.8 Å². The molecule has 0 aliphatic carbocycles. The molecule has 0 radical (unpaired) electrons. The van der Waals surface area contributed by atoms with Crippen LogP contribution in [0.2, 0.25) is 0 Å². The van der Waals surface area contributed by atoms with Crippen LogP contribution in [0.15, 0.2) is 12.2 Å². The number of aliphatic hydroxyl groups excluding tert-OH is 2. The van der Waals surface area contributed by atoms with Gasteiger partial charge in [-0.05, 0) is 51.4 Å². The smallest absolute Gasteiger partial charge is 0.305 e. The van der Waals surface area contributed by atoms with Crippen molar-refractivity contribution in [1.82, 2.24) is 5.32 Å². The molecule has 0 saturated carbocycles. The van der Waals surface area contributed by atoms with Gasteiger partial charge in [0.05, 0.1) is 25.4 Å². The summed E-state index contributed by atoms with van der Waals surface area (Å²) in [5.74, 6) is -0.0280. The van der Waals surface area contributed by atoms with E-state index in [0.29, 0.717) is 25.9 Å². The van der Waals surface area contributed by atoms with Gasteiger partial charge in [0.15, 0.2) is 0 Å². The number of carbonyl (C=O) groups is 2. The maximum absolute atomic E-state index is 12.6. The minimum Gasteiger partial charge on any atom is -0.466 e. The number of nitrogens with one attached hydrogen (secondary N) is 1. The van der Waals surface area contributed by atoms with Crippen LogP contribution in [0.1, 0.15) is 406 Å². The van der Waals surface area contributed by atoms with E-state index in [2.05, 4.69) is 31.3 Å². The first-order chi connectivity index (χ1) is 38.0. The Morgan fingerprint density at radius 1 is 0.351 bits per heavy atom. The highest BCUT2D eigenvalue weighted by molar-refractivity contribution is 5.76. The number of allylic oxidation sites excluding steroid dienone is 2. The second-order valence-corrected chi connectivity index (χ2v) is 24.6. The van der Waals surface area contributed by atoms with Gasteiger partial charge in [-0.2, -0.15) is 0 Å². The highest BCUT2D eigenvalue weighted by Gasteiger charge is 2.20. The van der Waals surface area contributed by atoms with Gasteiger partial charge >= 0.3 is 5.97 Å². The Kier molecular flexibility index (Phi) is 65.9. The first-order valence-corrected chi connectivity index (χ1v) is 35.4. The van der Waals surface area contributed by atoms with Crippen LogP contribution >= 0.6 is 0 Å². The first kappa shape index (κ1) is 75.6. The number of aliphatic hydroxyl groups is 2. The Hall–Kier alpha value is -1.40. The quantitative estimate of drug-likeness (QED) is 0.0320. The summed E-state index contributed by atoms with van der Waals surface area (Å²) in [6, 6.07) is -0.546. The Labute approximate surface area is 482 Å². The lowest BCUT2D eigenvalue weighted by atomic mass is 10.0. The molecule has 0 rings (SSSR count). The number of rotatable bonds is 67. The van der Waals surface area contributed by atoms with E-state index in [9.17, 15) is 19.8 Å². The molecule has 2 unspecified atom stereocenters. The minimum atomic E-state index is -0.668. The molecule has 3 N–H and O–H groups in total. The van der Waals surface area contributed by atoms with Gasteiger partial charge in [-0.1, -0.05) is 353 Å². The summed E-state index contributed by atoms with van der Waals surface area (Å²) in [5.41, 5.74) is 0. The molecule has 0 saturated heterocycles. The fourth-order valence-electron chi connectivity index (χ4n) is 11.4. The zero-order chi connectivity index (χ0) is 55.7. The number of unbranched alkanes of at least 4 members (excludes halogenated alkanes) is 54. The van der Waals surface area contributed by atoms with Crippen LogP contribution in [0.5, 0.6) is 0 Å². The van der Waals surface area contributed by atoms with Gasteiger partial charge in [0.25, 0.3) is 0 Å². The van der Waals surface area contributed by atoms with Crippen molar-refractivity contribution in [2.45, 2.75) is 418 Å². The second kappa shape index (κ2) is 67.1. The normalized spacial score (nSPS) is 12.5. The van der Waals surface area contributed by atoms with E-state index in [1.165, 1.54) is 327 Å². The molecule has 0 aliphatic heterocycles. The summed E-state index contributed by atoms with van der Waals surface area (Å²) in [7, 11) is 0. The molecular weight excluding hydrogens is 947 g/mol. The molecule has 0 aromatic carbocycles. The predicted molar refractivity (Wildman–Crippen MR) is 338 cm³/mol. The van der Waals surface area contributed by atoms with Crippen LogP contribution in [0.4, 0.5) is 0 Å². The van der Waals surface area contributed by atoms with E-state index in [4.69, 9.17) is 4.74 Å². The highest BCUT2D eigenvalue weighted by Crippen LogP contribution is 2.19. The van der Waals surface area contributed by atoms with Crippen molar-refractivity contribution >= 4 is 11.9 Å². The van der Waals surface area contributed by atoms with Crippen LogP contribution in [0.25, 0.3) is 0 Å². The van der Waals surface area contributed by atoms with Crippen LogP contribution < -0.4 is 5.32 Å². The molecule has 0 heterocycles. The monoisotopic (exact) mass is 1090 g/mol. The average molecular weight is 1090 g/mol. The Bertz CT molecular complexity index is 1160. The van der Waals surface area contributed by atoms with E-state index in [0.717, 1.165) is 44.9 Å². The van der Waals surface area contributed by atoms with E-state index < -0.39 is 12.1 Å². The fraction of sp³-hybridized carbons (Fsp3) is 0.944. The van der Waals surface area contributed by atoms with Crippen molar-refractivity contribution in [2.24, 2.45) is 0 Å². The summed E-state index contributed by atoms with van der Waals surface area (Å²) in [4.78, 5) is 24.7. The van der Waals surface area contributed by atoms with Gasteiger partial charge < -0.3 is 20.3 Å². The van der Waals surface area contributed by atoms with E-state index in [-0.39, 0.29) is 18.5 Å². The zero-order valence-electron chi connectivity index (χ0n) is 52.5. The third kappa shape index (κ3) is 63.6. The molecule has 0 bridgehead atoms. The fourth-order valence-corrected chi connectivity index (χ4v) is 11.4. The molecule has 0 spiro atoms. The second-order valence-electron chi connectivity index (χ2n) is 24.6. The summed E-state index contributed by atoms with van der Waals surface area (Å²) in [6.07, 6.45) is 82.5. The highest BCUT2D eigenvalue weighted by atomic mass is 16.5. The third-order valence-corrected chi connectivity index (χ3v) is 16.8. The zero-order valence-corrected chi connectivity index (χ0v) is 52.5.